The van der Waals surface area contributed by atoms with E-state index < -0.39 is 0 Å². The molecule has 0 aliphatic carbocycles. The molecule has 110 valence electrons. The second-order valence-electron chi connectivity index (χ2n) is 5.34. The SMILES string of the molecule is CCNCCC(=O)Nc1cccc(CN2CCCC2)c1. The number of nitrogens with zero attached hydrogens (tertiary/aromatic N) is 1. The monoisotopic (exact) mass is 275 g/mol. The molecule has 1 aliphatic rings. The zero-order chi connectivity index (χ0) is 14.2. The van der Waals surface area contributed by atoms with Crippen LogP contribution in [0.4, 0.5) is 5.69 Å². The molecule has 1 heterocycles. The van der Waals surface area contributed by atoms with E-state index in [1.165, 1.54) is 31.5 Å². The first-order valence-corrected chi connectivity index (χ1v) is 7.60. The van der Waals surface area contributed by atoms with Crippen molar-refractivity contribution in [1.29, 1.82) is 0 Å². The first kappa shape index (κ1) is 15.0. The molecule has 2 rings (SSSR count). The molecule has 2 N–H and O–H groups in total. The molecular formula is C16H25N3O. The van der Waals surface area contributed by atoms with E-state index in [2.05, 4.69) is 27.7 Å². The number of nitrogens with one attached hydrogen (secondary N) is 2. The van der Waals surface area contributed by atoms with Crippen LogP contribution in [0.5, 0.6) is 0 Å². The lowest BCUT2D eigenvalue weighted by atomic mass is 10.2. The lowest BCUT2D eigenvalue weighted by molar-refractivity contribution is -0.116. The molecular weight excluding hydrogens is 250 g/mol. The summed E-state index contributed by atoms with van der Waals surface area (Å²) in [6, 6.07) is 8.19. The smallest absolute Gasteiger partial charge is 0.225 e. The van der Waals surface area contributed by atoms with E-state index in [1.54, 1.807) is 0 Å². The van der Waals surface area contributed by atoms with E-state index in [-0.39, 0.29) is 5.91 Å². The number of carbonyl (C=O) groups excluding carboxylic acids is 1. The summed E-state index contributed by atoms with van der Waals surface area (Å²) in [4.78, 5) is 14.2. The minimum absolute atomic E-state index is 0.0734. The largest absolute Gasteiger partial charge is 0.326 e. The number of carbonyl (C=O) groups is 1. The number of anilines is 1. The van der Waals surface area contributed by atoms with Gasteiger partial charge in [0.05, 0.1) is 0 Å². The van der Waals surface area contributed by atoms with Gasteiger partial charge in [0.2, 0.25) is 5.91 Å². The molecule has 1 fully saturated rings. The summed E-state index contributed by atoms with van der Waals surface area (Å²) in [5.41, 5.74) is 2.18. The molecule has 4 nitrogen and oxygen atoms in total. The number of amides is 1. The van der Waals surface area contributed by atoms with Gasteiger partial charge >= 0.3 is 0 Å². The average Bonchev–Trinajstić information content (AvgIpc) is 2.92. The minimum Gasteiger partial charge on any atom is -0.326 e. The molecule has 4 heteroatoms. The summed E-state index contributed by atoms with van der Waals surface area (Å²) in [6.45, 7) is 7.05. The van der Waals surface area contributed by atoms with Crippen LogP contribution < -0.4 is 10.6 Å². The van der Waals surface area contributed by atoms with Crippen LogP contribution in [0.1, 0.15) is 31.7 Å². The fourth-order valence-corrected chi connectivity index (χ4v) is 2.55. The molecule has 0 radical (unpaired) electrons. The third-order valence-electron chi connectivity index (χ3n) is 3.59. The number of likely N-dealkylation sites (tertiary alicyclic amines) is 1. The molecule has 0 spiro atoms. The fourth-order valence-electron chi connectivity index (χ4n) is 2.55. The van der Waals surface area contributed by atoms with Crippen molar-refractivity contribution < 1.29 is 4.79 Å². The van der Waals surface area contributed by atoms with Gasteiger partial charge < -0.3 is 10.6 Å². The second kappa shape index (κ2) is 8.02. The third kappa shape index (κ3) is 4.94. The Balaban J connectivity index is 1.83. The first-order valence-electron chi connectivity index (χ1n) is 7.60. The zero-order valence-electron chi connectivity index (χ0n) is 12.3. The Kier molecular flexibility index (Phi) is 6.02. The Bertz CT molecular complexity index is 427. The molecule has 20 heavy (non-hydrogen) atoms. The van der Waals surface area contributed by atoms with E-state index in [0.717, 1.165) is 25.3 Å². The zero-order valence-corrected chi connectivity index (χ0v) is 12.3. The van der Waals surface area contributed by atoms with Crippen LogP contribution in [-0.2, 0) is 11.3 Å². The summed E-state index contributed by atoms with van der Waals surface area (Å²) >= 11 is 0. The maximum absolute atomic E-state index is 11.8. The molecule has 1 saturated heterocycles. The Morgan fingerprint density at radius 1 is 1.30 bits per heavy atom. The highest BCUT2D eigenvalue weighted by atomic mass is 16.1. The van der Waals surface area contributed by atoms with Crippen LogP contribution in [0.15, 0.2) is 24.3 Å². The van der Waals surface area contributed by atoms with Crippen molar-refractivity contribution in [3.63, 3.8) is 0 Å². The Labute approximate surface area is 121 Å². The standard InChI is InChI=1S/C16H25N3O/c1-2-17-9-8-16(20)18-15-7-5-6-14(12-15)13-19-10-3-4-11-19/h5-7,12,17H,2-4,8-11,13H2,1H3,(H,18,20). The quantitative estimate of drug-likeness (QED) is 0.750. The van der Waals surface area contributed by atoms with Crippen molar-refractivity contribution >= 4 is 11.6 Å². The molecule has 1 aliphatic heterocycles. The van der Waals surface area contributed by atoms with Gasteiger partial charge in [-0.05, 0) is 50.2 Å². The highest BCUT2D eigenvalue weighted by molar-refractivity contribution is 5.90. The molecule has 0 bridgehead atoms. The number of rotatable bonds is 7. The van der Waals surface area contributed by atoms with Crippen molar-refractivity contribution in [2.24, 2.45) is 0 Å². The van der Waals surface area contributed by atoms with Crippen molar-refractivity contribution in [1.82, 2.24) is 10.2 Å². The number of hydrogen-bond donors (Lipinski definition) is 2. The number of benzene rings is 1. The maximum Gasteiger partial charge on any atom is 0.225 e. The van der Waals surface area contributed by atoms with E-state index in [1.807, 2.05) is 19.1 Å². The van der Waals surface area contributed by atoms with E-state index in [0.29, 0.717) is 6.42 Å². The average molecular weight is 275 g/mol. The fraction of sp³-hybridized carbons (Fsp3) is 0.562. The minimum atomic E-state index is 0.0734. The Hall–Kier alpha value is -1.39. The van der Waals surface area contributed by atoms with Gasteiger partial charge in [-0.3, -0.25) is 9.69 Å². The van der Waals surface area contributed by atoms with Gasteiger partial charge in [-0.15, -0.1) is 0 Å². The number of hydrogen-bond acceptors (Lipinski definition) is 3. The molecule has 0 atom stereocenters. The third-order valence-corrected chi connectivity index (χ3v) is 3.59. The van der Waals surface area contributed by atoms with E-state index in [4.69, 9.17) is 0 Å². The molecule has 1 amide bonds. The molecule has 0 saturated carbocycles. The lowest BCUT2D eigenvalue weighted by Crippen LogP contribution is -2.21. The van der Waals surface area contributed by atoms with E-state index in [9.17, 15) is 4.79 Å². The molecule has 0 aromatic heterocycles. The first-order chi connectivity index (χ1) is 9.78. The van der Waals surface area contributed by atoms with Crippen molar-refractivity contribution in [3.05, 3.63) is 29.8 Å². The lowest BCUT2D eigenvalue weighted by Gasteiger charge is -2.15. The summed E-state index contributed by atoms with van der Waals surface area (Å²) in [6.07, 6.45) is 3.13. The van der Waals surface area contributed by atoms with Crippen molar-refractivity contribution in [3.8, 4) is 0 Å². The normalized spacial score (nSPS) is 15.4. The van der Waals surface area contributed by atoms with Crippen molar-refractivity contribution in [2.75, 3.05) is 31.5 Å². The van der Waals surface area contributed by atoms with Gasteiger partial charge in [-0.25, -0.2) is 0 Å². The summed E-state index contributed by atoms with van der Waals surface area (Å²) in [7, 11) is 0. The Morgan fingerprint density at radius 2 is 2.10 bits per heavy atom. The van der Waals surface area contributed by atoms with Crippen LogP contribution in [0, 0.1) is 0 Å². The van der Waals surface area contributed by atoms with E-state index >= 15 is 0 Å². The van der Waals surface area contributed by atoms with Crippen LogP contribution in [0.3, 0.4) is 0 Å². The summed E-state index contributed by atoms with van der Waals surface area (Å²) in [5, 5.41) is 6.13. The van der Waals surface area contributed by atoms with Gasteiger partial charge in [0, 0.05) is 25.2 Å². The van der Waals surface area contributed by atoms with Gasteiger partial charge in [0.1, 0.15) is 0 Å². The van der Waals surface area contributed by atoms with Crippen LogP contribution >= 0.6 is 0 Å². The van der Waals surface area contributed by atoms with Gasteiger partial charge in [-0.1, -0.05) is 19.1 Å². The second-order valence-corrected chi connectivity index (χ2v) is 5.34. The molecule has 1 aromatic carbocycles. The molecule has 0 unspecified atom stereocenters. The predicted octanol–water partition coefficient (Wildman–Crippen LogP) is 2.22. The van der Waals surface area contributed by atoms with Gasteiger partial charge in [-0.2, -0.15) is 0 Å². The summed E-state index contributed by atoms with van der Waals surface area (Å²) < 4.78 is 0. The van der Waals surface area contributed by atoms with Gasteiger partial charge in [0.25, 0.3) is 0 Å². The van der Waals surface area contributed by atoms with Crippen LogP contribution in [0.25, 0.3) is 0 Å². The van der Waals surface area contributed by atoms with Crippen LogP contribution in [0.2, 0.25) is 0 Å². The highest BCUT2D eigenvalue weighted by Gasteiger charge is 2.12. The maximum atomic E-state index is 11.8. The molecule has 1 aromatic rings. The Morgan fingerprint density at radius 3 is 2.85 bits per heavy atom. The topological polar surface area (TPSA) is 44.4 Å². The van der Waals surface area contributed by atoms with Crippen molar-refractivity contribution in [2.45, 2.75) is 32.7 Å². The van der Waals surface area contributed by atoms with Crippen LogP contribution in [-0.4, -0.2) is 37.0 Å². The highest BCUT2D eigenvalue weighted by Crippen LogP contribution is 2.16. The summed E-state index contributed by atoms with van der Waals surface area (Å²) in [5.74, 6) is 0.0734. The predicted molar refractivity (Wildman–Crippen MR) is 82.7 cm³/mol. The van der Waals surface area contributed by atoms with Gasteiger partial charge in [0.15, 0.2) is 0 Å².